The van der Waals surface area contributed by atoms with Gasteiger partial charge in [0, 0.05) is 16.8 Å². The first-order valence-electron chi connectivity index (χ1n) is 6.81. The summed E-state index contributed by atoms with van der Waals surface area (Å²) in [6.45, 7) is 10.1. The van der Waals surface area contributed by atoms with Crippen LogP contribution in [0.15, 0.2) is 24.3 Å². The van der Waals surface area contributed by atoms with Gasteiger partial charge >= 0.3 is 0 Å². The maximum Gasteiger partial charge on any atom is 0.193 e. The number of benzene rings is 2. The van der Waals surface area contributed by atoms with Crippen LogP contribution in [0.4, 0.5) is 5.69 Å². The first-order chi connectivity index (χ1) is 9.32. The molecule has 0 atom stereocenters. The fourth-order valence-corrected chi connectivity index (χ4v) is 2.63. The van der Waals surface area contributed by atoms with E-state index in [1.165, 1.54) is 0 Å². The standard InChI is InChI=1S/C18H21NO/c1-10-8-11(2)14(5)17(13(10)4)18(20)16-7-6-15(19)9-12(16)3/h6-9H,19H2,1-5H3. The van der Waals surface area contributed by atoms with Crippen molar-refractivity contribution in [1.82, 2.24) is 0 Å². The van der Waals surface area contributed by atoms with Crippen LogP contribution >= 0.6 is 0 Å². The molecule has 0 aromatic heterocycles. The largest absolute Gasteiger partial charge is 0.399 e. The van der Waals surface area contributed by atoms with Crippen molar-refractivity contribution in [3.05, 3.63) is 63.2 Å². The van der Waals surface area contributed by atoms with Crippen LogP contribution in [-0.4, -0.2) is 5.78 Å². The zero-order valence-corrected chi connectivity index (χ0v) is 12.8. The Morgan fingerprint density at radius 1 is 0.850 bits per heavy atom. The summed E-state index contributed by atoms with van der Waals surface area (Å²) in [5.41, 5.74) is 13.4. The molecule has 0 aliphatic heterocycles. The minimum atomic E-state index is 0.0873. The van der Waals surface area contributed by atoms with Crippen LogP contribution in [0, 0.1) is 34.6 Å². The Labute approximate surface area is 120 Å². The third kappa shape index (κ3) is 2.34. The van der Waals surface area contributed by atoms with Crippen molar-refractivity contribution in [3.63, 3.8) is 0 Å². The van der Waals surface area contributed by atoms with Crippen LogP contribution < -0.4 is 5.73 Å². The number of nitrogen functional groups attached to an aromatic ring is 1. The molecule has 2 aromatic carbocycles. The molecule has 0 fully saturated rings. The first kappa shape index (κ1) is 14.3. The topological polar surface area (TPSA) is 43.1 Å². The van der Waals surface area contributed by atoms with E-state index in [0.717, 1.165) is 38.9 Å². The normalized spacial score (nSPS) is 10.7. The summed E-state index contributed by atoms with van der Waals surface area (Å²) in [5, 5.41) is 0. The Hall–Kier alpha value is -2.09. The van der Waals surface area contributed by atoms with Crippen LogP contribution in [0.2, 0.25) is 0 Å². The lowest BCUT2D eigenvalue weighted by atomic mass is 9.88. The number of hydrogen-bond acceptors (Lipinski definition) is 2. The average Bonchev–Trinajstić information content (AvgIpc) is 2.36. The van der Waals surface area contributed by atoms with Crippen LogP contribution in [0.5, 0.6) is 0 Å². The summed E-state index contributed by atoms with van der Waals surface area (Å²) < 4.78 is 0. The molecule has 2 heteroatoms. The monoisotopic (exact) mass is 267 g/mol. The van der Waals surface area contributed by atoms with Gasteiger partial charge < -0.3 is 5.73 Å². The van der Waals surface area contributed by atoms with Gasteiger partial charge in [-0.05, 0) is 80.6 Å². The lowest BCUT2D eigenvalue weighted by molar-refractivity contribution is 0.103. The number of carbonyl (C=O) groups is 1. The van der Waals surface area contributed by atoms with Gasteiger partial charge in [0.15, 0.2) is 5.78 Å². The predicted octanol–water partition coefficient (Wildman–Crippen LogP) is 4.04. The predicted molar refractivity (Wildman–Crippen MR) is 84.4 cm³/mol. The van der Waals surface area contributed by atoms with Crippen LogP contribution in [0.1, 0.15) is 43.7 Å². The number of ketones is 1. The zero-order chi connectivity index (χ0) is 15.0. The van der Waals surface area contributed by atoms with E-state index in [9.17, 15) is 4.79 Å². The van der Waals surface area contributed by atoms with E-state index in [1.54, 1.807) is 6.07 Å². The summed E-state index contributed by atoms with van der Waals surface area (Å²) >= 11 is 0. The highest BCUT2D eigenvalue weighted by Crippen LogP contribution is 2.26. The van der Waals surface area contributed by atoms with E-state index in [2.05, 4.69) is 6.07 Å². The highest BCUT2D eigenvalue weighted by Gasteiger charge is 2.18. The Bertz CT molecular complexity index is 673. The van der Waals surface area contributed by atoms with Crippen molar-refractivity contribution in [2.45, 2.75) is 34.6 Å². The SMILES string of the molecule is Cc1cc(N)ccc1C(=O)c1c(C)c(C)cc(C)c1C. The minimum Gasteiger partial charge on any atom is -0.399 e. The van der Waals surface area contributed by atoms with Crippen molar-refractivity contribution < 1.29 is 4.79 Å². The van der Waals surface area contributed by atoms with Gasteiger partial charge in [0.2, 0.25) is 0 Å². The molecule has 0 heterocycles. The molecule has 0 aliphatic carbocycles. The zero-order valence-electron chi connectivity index (χ0n) is 12.8. The van der Waals surface area contributed by atoms with Gasteiger partial charge in [-0.1, -0.05) is 6.07 Å². The van der Waals surface area contributed by atoms with Crippen molar-refractivity contribution in [2.75, 3.05) is 5.73 Å². The number of carbonyl (C=O) groups excluding carboxylic acids is 1. The summed E-state index contributed by atoms with van der Waals surface area (Å²) in [5.74, 6) is 0.0873. The molecule has 104 valence electrons. The molecule has 20 heavy (non-hydrogen) atoms. The molecule has 2 nitrogen and oxygen atoms in total. The fraction of sp³-hybridized carbons (Fsp3) is 0.278. The molecule has 0 amide bonds. The van der Waals surface area contributed by atoms with E-state index in [4.69, 9.17) is 5.73 Å². The van der Waals surface area contributed by atoms with Gasteiger partial charge in [-0.2, -0.15) is 0 Å². The smallest absolute Gasteiger partial charge is 0.193 e. The second-order valence-electron chi connectivity index (χ2n) is 5.54. The molecule has 2 N–H and O–H groups in total. The van der Waals surface area contributed by atoms with Gasteiger partial charge in [-0.3, -0.25) is 4.79 Å². The second kappa shape index (κ2) is 5.12. The van der Waals surface area contributed by atoms with Crippen molar-refractivity contribution in [1.29, 1.82) is 0 Å². The Morgan fingerprint density at radius 3 is 1.90 bits per heavy atom. The molecule has 2 aromatic rings. The molecule has 0 radical (unpaired) electrons. The van der Waals surface area contributed by atoms with Crippen LogP contribution in [-0.2, 0) is 0 Å². The Kier molecular flexibility index (Phi) is 3.67. The average molecular weight is 267 g/mol. The highest BCUT2D eigenvalue weighted by atomic mass is 16.1. The van der Waals surface area contributed by atoms with E-state index in [1.807, 2.05) is 46.8 Å². The molecule has 2 rings (SSSR count). The Balaban J connectivity index is 2.65. The van der Waals surface area contributed by atoms with Crippen LogP contribution in [0.25, 0.3) is 0 Å². The van der Waals surface area contributed by atoms with Crippen molar-refractivity contribution in [3.8, 4) is 0 Å². The van der Waals surface area contributed by atoms with Gasteiger partial charge in [0.1, 0.15) is 0 Å². The minimum absolute atomic E-state index is 0.0873. The van der Waals surface area contributed by atoms with E-state index in [-0.39, 0.29) is 5.78 Å². The lowest BCUT2D eigenvalue weighted by Gasteiger charge is -2.15. The molecule has 0 saturated heterocycles. The van der Waals surface area contributed by atoms with E-state index in [0.29, 0.717) is 5.69 Å². The Morgan fingerprint density at radius 2 is 1.40 bits per heavy atom. The molecule has 0 saturated carbocycles. The van der Waals surface area contributed by atoms with E-state index < -0.39 is 0 Å². The molecule has 0 aliphatic rings. The van der Waals surface area contributed by atoms with Crippen LogP contribution in [0.3, 0.4) is 0 Å². The molecule has 0 spiro atoms. The molecule has 0 bridgehead atoms. The summed E-state index contributed by atoms with van der Waals surface area (Å²) in [4.78, 5) is 12.9. The lowest BCUT2D eigenvalue weighted by Crippen LogP contribution is -2.10. The third-order valence-corrected chi connectivity index (χ3v) is 4.09. The number of aryl methyl sites for hydroxylation is 3. The molecular formula is C18H21NO. The maximum atomic E-state index is 12.9. The van der Waals surface area contributed by atoms with Gasteiger partial charge in [-0.15, -0.1) is 0 Å². The number of nitrogens with two attached hydrogens (primary N) is 1. The maximum absolute atomic E-state index is 12.9. The third-order valence-electron chi connectivity index (χ3n) is 4.09. The van der Waals surface area contributed by atoms with E-state index >= 15 is 0 Å². The second-order valence-corrected chi connectivity index (χ2v) is 5.54. The quantitative estimate of drug-likeness (QED) is 0.659. The van der Waals surface area contributed by atoms with Crippen molar-refractivity contribution >= 4 is 11.5 Å². The number of rotatable bonds is 2. The number of anilines is 1. The van der Waals surface area contributed by atoms with Gasteiger partial charge in [-0.25, -0.2) is 0 Å². The molecule has 0 unspecified atom stereocenters. The van der Waals surface area contributed by atoms with Gasteiger partial charge in [0.05, 0.1) is 0 Å². The first-order valence-corrected chi connectivity index (χ1v) is 6.81. The summed E-state index contributed by atoms with van der Waals surface area (Å²) in [6.07, 6.45) is 0. The van der Waals surface area contributed by atoms with Gasteiger partial charge in [0.25, 0.3) is 0 Å². The molecular weight excluding hydrogens is 246 g/mol. The summed E-state index contributed by atoms with van der Waals surface area (Å²) in [7, 11) is 0. The van der Waals surface area contributed by atoms with Crippen molar-refractivity contribution in [2.24, 2.45) is 0 Å². The highest BCUT2D eigenvalue weighted by molar-refractivity contribution is 6.12. The number of hydrogen-bond donors (Lipinski definition) is 1. The fourth-order valence-electron chi connectivity index (χ4n) is 2.63. The summed E-state index contributed by atoms with van der Waals surface area (Å²) in [6, 6.07) is 7.59.